The third-order valence-corrected chi connectivity index (χ3v) is 2.18. The normalized spacial score (nSPS) is 9.38. The van der Waals surface area contributed by atoms with Gasteiger partial charge in [0.05, 0.1) is 18.5 Å². The lowest BCUT2D eigenvalue weighted by atomic mass is 10.2. The van der Waals surface area contributed by atoms with Gasteiger partial charge in [-0.3, -0.25) is 9.78 Å². The van der Waals surface area contributed by atoms with E-state index in [4.69, 9.17) is 20.7 Å². The van der Waals surface area contributed by atoms with E-state index in [2.05, 4.69) is 20.3 Å². The van der Waals surface area contributed by atoms with Crippen LogP contribution < -0.4 is 11.1 Å². The van der Waals surface area contributed by atoms with Gasteiger partial charge in [0.15, 0.2) is 0 Å². The van der Waals surface area contributed by atoms with Crippen molar-refractivity contribution >= 4 is 18.2 Å². The van der Waals surface area contributed by atoms with E-state index in [0.717, 1.165) is 0 Å². The highest BCUT2D eigenvalue weighted by Crippen LogP contribution is 2.22. The molecule has 21 heavy (non-hydrogen) atoms. The van der Waals surface area contributed by atoms with Crippen LogP contribution in [0.15, 0.2) is 24.5 Å². The van der Waals surface area contributed by atoms with Crippen LogP contribution in [0.5, 0.6) is 5.75 Å². The first-order valence-corrected chi connectivity index (χ1v) is 5.82. The lowest BCUT2D eigenvalue weighted by Gasteiger charge is -2.07. The SMILES string of the molecule is Nc1nc(NCCO)cc(-c2cncc(O)c2)n1.O=CO. The average molecular weight is 293 g/mol. The number of carboxylic acid groups (broad SMARTS) is 1. The van der Waals surface area contributed by atoms with Gasteiger partial charge in [-0.25, -0.2) is 4.98 Å². The molecule has 0 amide bonds. The number of pyridine rings is 1. The van der Waals surface area contributed by atoms with Crippen LogP contribution in [0.1, 0.15) is 0 Å². The quantitative estimate of drug-likeness (QED) is 0.487. The zero-order chi connectivity index (χ0) is 15.7. The van der Waals surface area contributed by atoms with Crippen LogP contribution in [0.2, 0.25) is 0 Å². The monoisotopic (exact) mass is 293 g/mol. The standard InChI is InChI=1S/C11H13N5O2.CH2O2/c12-11-15-9(4-10(16-11)14-1-2-17)7-3-8(18)6-13-5-7;2-1-3/h3-6,17-18H,1-2H2,(H3,12,14,15,16);1H,(H,2,3). The summed E-state index contributed by atoms with van der Waals surface area (Å²) in [5.74, 6) is 0.667. The predicted octanol–water partition coefficient (Wildman–Crippen LogP) is -0.0686. The van der Waals surface area contributed by atoms with Crippen LogP contribution >= 0.6 is 0 Å². The first-order valence-electron chi connectivity index (χ1n) is 5.82. The van der Waals surface area contributed by atoms with Crippen LogP contribution in [0.25, 0.3) is 11.3 Å². The van der Waals surface area contributed by atoms with E-state index in [1.165, 1.54) is 12.3 Å². The Morgan fingerprint density at radius 3 is 2.62 bits per heavy atom. The summed E-state index contributed by atoms with van der Waals surface area (Å²) in [6.45, 7) is 0.112. The van der Waals surface area contributed by atoms with Gasteiger partial charge in [-0.15, -0.1) is 0 Å². The van der Waals surface area contributed by atoms with Crippen LogP contribution in [-0.4, -0.2) is 49.9 Å². The molecule has 0 bridgehead atoms. The largest absolute Gasteiger partial charge is 0.506 e. The number of hydrogen-bond donors (Lipinski definition) is 5. The van der Waals surface area contributed by atoms with E-state index in [1.54, 1.807) is 12.3 Å². The number of aliphatic hydroxyl groups excluding tert-OH is 1. The predicted molar refractivity (Wildman–Crippen MR) is 75.6 cm³/mol. The lowest BCUT2D eigenvalue weighted by molar-refractivity contribution is -0.122. The second-order valence-electron chi connectivity index (χ2n) is 3.68. The Kier molecular flexibility index (Phi) is 6.35. The number of hydrogen-bond acceptors (Lipinski definition) is 8. The Hall–Kier alpha value is -2.94. The first-order chi connectivity index (χ1) is 10.1. The molecule has 0 saturated carbocycles. The maximum Gasteiger partial charge on any atom is 0.290 e. The van der Waals surface area contributed by atoms with Gasteiger partial charge in [-0.05, 0) is 6.07 Å². The summed E-state index contributed by atoms with van der Waals surface area (Å²) >= 11 is 0. The maximum absolute atomic E-state index is 9.37. The molecular weight excluding hydrogens is 278 g/mol. The second kappa shape index (κ2) is 8.27. The fraction of sp³-hybridized carbons (Fsp3) is 0.167. The Morgan fingerprint density at radius 2 is 2.00 bits per heavy atom. The molecule has 0 saturated heterocycles. The average Bonchev–Trinajstić information content (AvgIpc) is 2.45. The van der Waals surface area contributed by atoms with Crippen molar-refractivity contribution in [1.29, 1.82) is 0 Å². The van der Waals surface area contributed by atoms with E-state index in [9.17, 15) is 5.11 Å². The highest BCUT2D eigenvalue weighted by atomic mass is 16.3. The molecule has 9 nitrogen and oxygen atoms in total. The van der Waals surface area contributed by atoms with Crippen LogP contribution in [0.3, 0.4) is 0 Å². The molecule has 0 radical (unpaired) electrons. The van der Waals surface area contributed by atoms with Crippen LogP contribution in [-0.2, 0) is 4.79 Å². The molecule has 0 atom stereocenters. The minimum atomic E-state index is -0.250. The summed E-state index contributed by atoms with van der Waals surface area (Å²) in [6, 6.07) is 3.20. The zero-order valence-electron chi connectivity index (χ0n) is 11.0. The van der Waals surface area contributed by atoms with E-state index < -0.39 is 0 Å². The summed E-state index contributed by atoms with van der Waals surface area (Å²) in [6.07, 6.45) is 2.90. The smallest absolute Gasteiger partial charge is 0.290 e. The summed E-state index contributed by atoms with van der Waals surface area (Å²) < 4.78 is 0. The number of aromatic nitrogens is 3. The van der Waals surface area contributed by atoms with Gasteiger partial charge in [0.1, 0.15) is 11.6 Å². The fourth-order valence-corrected chi connectivity index (χ4v) is 1.46. The molecule has 2 rings (SSSR count). The number of nitrogens with two attached hydrogens (primary N) is 1. The van der Waals surface area contributed by atoms with Gasteiger partial charge in [0, 0.05) is 24.4 Å². The molecule has 2 aromatic heterocycles. The van der Waals surface area contributed by atoms with Crippen molar-refractivity contribution in [2.45, 2.75) is 0 Å². The summed E-state index contributed by atoms with van der Waals surface area (Å²) in [5.41, 5.74) is 6.78. The van der Waals surface area contributed by atoms with E-state index in [-0.39, 0.29) is 24.8 Å². The number of anilines is 2. The summed E-state index contributed by atoms with van der Waals surface area (Å²) in [7, 11) is 0. The second-order valence-corrected chi connectivity index (χ2v) is 3.68. The number of nitrogens with zero attached hydrogens (tertiary/aromatic N) is 3. The molecule has 2 heterocycles. The van der Waals surface area contributed by atoms with Crippen molar-refractivity contribution in [3.63, 3.8) is 0 Å². The molecule has 9 heteroatoms. The first kappa shape index (κ1) is 16.1. The maximum atomic E-state index is 9.37. The molecule has 112 valence electrons. The summed E-state index contributed by atoms with van der Waals surface area (Å²) in [4.78, 5) is 20.3. The van der Waals surface area contributed by atoms with Gasteiger partial charge in [-0.1, -0.05) is 0 Å². The van der Waals surface area contributed by atoms with E-state index >= 15 is 0 Å². The summed E-state index contributed by atoms with van der Waals surface area (Å²) in [5, 5.41) is 27.9. The van der Waals surface area contributed by atoms with Gasteiger partial charge >= 0.3 is 0 Å². The van der Waals surface area contributed by atoms with Crippen molar-refractivity contribution < 1.29 is 20.1 Å². The highest BCUT2D eigenvalue weighted by Gasteiger charge is 2.05. The van der Waals surface area contributed by atoms with Crippen LogP contribution in [0.4, 0.5) is 11.8 Å². The Labute approximate surface area is 120 Å². The van der Waals surface area contributed by atoms with Crippen molar-refractivity contribution in [3.05, 3.63) is 24.5 Å². The van der Waals surface area contributed by atoms with Crippen LogP contribution in [0, 0.1) is 0 Å². The Bertz CT molecular complexity index is 594. The molecule has 0 unspecified atom stereocenters. The molecule has 6 N–H and O–H groups in total. The molecule has 0 aromatic carbocycles. The van der Waals surface area contributed by atoms with Gasteiger partial charge in [0.25, 0.3) is 6.47 Å². The highest BCUT2D eigenvalue weighted by molar-refractivity contribution is 5.64. The molecular formula is C12H15N5O4. The van der Waals surface area contributed by atoms with Gasteiger partial charge in [-0.2, -0.15) is 4.98 Å². The third kappa shape index (κ3) is 5.28. The number of aromatic hydroxyl groups is 1. The third-order valence-electron chi connectivity index (χ3n) is 2.18. The number of rotatable bonds is 4. The Balaban J connectivity index is 0.000000677. The molecule has 0 aliphatic rings. The number of carbonyl (C=O) groups is 1. The molecule has 2 aromatic rings. The van der Waals surface area contributed by atoms with Crippen molar-refractivity contribution in [2.75, 3.05) is 24.2 Å². The van der Waals surface area contributed by atoms with Crippen molar-refractivity contribution in [3.8, 4) is 17.0 Å². The van der Waals surface area contributed by atoms with E-state index in [1.807, 2.05) is 0 Å². The minimum absolute atomic E-state index is 0.00702. The van der Waals surface area contributed by atoms with Gasteiger partial charge < -0.3 is 26.4 Å². The molecule has 0 spiro atoms. The zero-order valence-corrected chi connectivity index (χ0v) is 11.0. The Morgan fingerprint density at radius 1 is 1.29 bits per heavy atom. The molecule has 0 fully saturated rings. The fourth-order valence-electron chi connectivity index (χ4n) is 1.46. The molecule has 0 aliphatic heterocycles. The topological polar surface area (TPSA) is 154 Å². The van der Waals surface area contributed by atoms with E-state index in [0.29, 0.717) is 23.6 Å². The number of nitrogen functional groups attached to an aromatic ring is 1. The van der Waals surface area contributed by atoms with Gasteiger partial charge in [0.2, 0.25) is 5.95 Å². The number of nitrogens with one attached hydrogen (secondary N) is 1. The lowest BCUT2D eigenvalue weighted by Crippen LogP contribution is -2.09. The number of aliphatic hydroxyl groups is 1. The molecule has 0 aliphatic carbocycles. The van der Waals surface area contributed by atoms with Crippen molar-refractivity contribution in [1.82, 2.24) is 15.0 Å². The minimum Gasteiger partial charge on any atom is -0.506 e. The van der Waals surface area contributed by atoms with Crippen molar-refractivity contribution in [2.24, 2.45) is 0 Å².